The van der Waals surface area contributed by atoms with Crippen LogP contribution in [0, 0.1) is 0 Å². The molecule has 1 amide bonds. The zero-order valence-electron chi connectivity index (χ0n) is 14.1. The summed E-state index contributed by atoms with van der Waals surface area (Å²) < 4.78 is 11.1. The molecule has 25 heavy (non-hydrogen) atoms. The number of carbonyl (C=O) groups excluding carboxylic acids is 2. The molecule has 0 saturated carbocycles. The first-order valence-electron chi connectivity index (χ1n) is 7.88. The van der Waals surface area contributed by atoms with Crippen molar-refractivity contribution in [2.45, 2.75) is 19.8 Å². The second kappa shape index (κ2) is 9.22. The minimum absolute atomic E-state index is 0.258. The van der Waals surface area contributed by atoms with E-state index in [4.69, 9.17) is 9.47 Å². The van der Waals surface area contributed by atoms with E-state index in [1.807, 2.05) is 44.2 Å². The van der Waals surface area contributed by atoms with Crippen LogP contribution in [0.1, 0.15) is 25.3 Å². The molecule has 2 aromatic rings. The van der Waals surface area contributed by atoms with Crippen LogP contribution in [0.2, 0.25) is 0 Å². The monoisotopic (exact) mass is 405 g/mol. The van der Waals surface area contributed by atoms with Crippen molar-refractivity contribution in [3.63, 3.8) is 0 Å². The maximum Gasteiger partial charge on any atom is 0.344 e. The van der Waals surface area contributed by atoms with Crippen LogP contribution in [0.4, 0.5) is 5.69 Å². The molecule has 0 saturated heterocycles. The Hall–Kier alpha value is -2.34. The second-order valence-corrected chi connectivity index (χ2v) is 6.61. The van der Waals surface area contributed by atoms with Gasteiger partial charge in [-0.1, -0.05) is 54.0 Å². The number of para-hydroxylation sites is 1. The number of nitrogens with one attached hydrogen (secondary N) is 1. The van der Waals surface area contributed by atoms with E-state index < -0.39 is 5.97 Å². The highest BCUT2D eigenvalue weighted by molar-refractivity contribution is 9.10. The number of hydrogen-bond donors (Lipinski definition) is 1. The molecule has 0 aliphatic rings. The van der Waals surface area contributed by atoms with Crippen molar-refractivity contribution in [2.75, 3.05) is 18.5 Å². The summed E-state index contributed by atoms with van der Waals surface area (Å²) in [6.07, 6.45) is 0. The third-order valence-electron chi connectivity index (χ3n) is 3.37. The fraction of sp³-hybridized carbons (Fsp3) is 0.263. The Morgan fingerprint density at radius 2 is 1.84 bits per heavy atom. The van der Waals surface area contributed by atoms with Crippen molar-refractivity contribution in [3.05, 3.63) is 58.6 Å². The Morgan fingerprint density at radius 3 is 2.56 bits per heavy atom. The highest BCUT2D eigenvalue weighted by atomic mass is 79.9. The predicted octanol–water partition coefficient (Wildman–Crippen LogP) is 4.13. The van der Waals surface area contributed by atoms with Crippen molar-refractivity contribution in [3.8, 4) is 5.75 Å². The Bertz CT molecular complexity index is 746. The Kier molecular flexibility index (Phi) is 7.01. The van der Waals surface area contributed by atoms with Gasteiger partial charge in [0.15, 0.2) is 13.2 Å². The molecule has 5 nitrogen and oxygen atoms in total. The van der Waals surface area contributed by atoms with Crippen molar-refractivity contribution in [1.82, 2.24) is 0 Å². The van der Waals surface area contributed by atoms with E-state index in [1.54, 1.807) is 18.2 Å². The number of rotatable bonds is 7. The van der Waals surface area contributed by atoms with Crippen molar-refractivity contribution < 1.29 is 19.1 Å². The Morgan fingerprint density at radius 1 is 1.08 bits per heavy atom. The molecule has 6 heteroatoms. The topological polar surface area (TPSA) is 64.6 Å². The highest BCUT2D eigenvalue weighted by Gasteiger charge is 2.12. The smallest absolute Gasteiger partial charge is 0.344 e. The van der Waals surface area contributed by atoms with Crippen LogP contribution < -0.4 is 10.1 Å². The van der Waals surface area contributed by atoms with Crippen LogP contribution in [0.25, 0.3) is 0 Å². The molecule has 0 bridgehead atoms. The van der Waals surface area contributed by atoms with Gasteiger partial charge in [-0.2, -0.15) is 0 Å². The second-order valence-electron chi connectivity index (χ2n) is 5.70. The fourth-order valence-corrected chi connectivity index (χ4v) is 2.57. The van der Waals surface area contributed by atoms with E-state index in [2.05, 4.69) is 21.2 Å². The van der Waals surface area contributed by atoms with Gasteiger partial charge in [-0.15, -0.1) is 0 Å². The molecule has 0 aliphatic carbocycles. The quantitative estimate of drug-likeness (QED) is 0.703. The van der Waals surface area contributed by atoms with Crippen molar-refractivity contribution >= 4 is 33.5 Å². The van der Waals surface area contributed by atoms with Gasteiger partial charge >= 0.3 is 5.97 Å². The Balaban J connectivity index is 1.79. The molecular weight excluding hydrogens is 386 g/mol. The van der Waals surface area contributed by atoms with Crippen molar-refractivity contribution in [2.24, 2.45) is 0 Å². The number of benzene rings is 2. The number of amides is 1. The lowest BCUT2D eigenvalue weighted by Gasteiger charge is -2.13. The van der Waals surface area contributed by atoms with Crippen LogP contribution >= 0.6 is 15.9 Å². The lowest BCUT2D eigenvalue weighted by molar-refractivity contribution is -0.149. The summed E-state index contributed by atoms with van der Waals surface area (Å²) in [4.78, 5) is 23.7. The number of ether oxygens (including phenoxy) is 2. The maximum absolute atomic E-state index is 12.0. The van der Waals surface area contributed by atoms with Gasteiger partial charge in [0, 0.05) is 10.2 Å². The molecule has 0 radical (unpaired) electrons. The largest absolute Gasteiger partial charge is 0.482 e. The summed E-state index contributed by atoms with van der Waals surface area (Å²) in [5.74, 6) is -0.171. The standard InChI is InChI=1S/C19H20BrNO4/c1-13(2)16-8-3-4-9-17(16)21-18(22)11-25-19(23)12-24-15-7-5-6-14(20)10-15/h3-10,13H,11-12H2,1-2H3,(H,21,22). The molecule has 0 heterocycles. The zero-order valence-corrected chi connectivity index (χ0v) is 15.7. The van der Waals surface area contributed by atoms with Crippen LogP contribution in [-0.2, 0) is 14.3 Å². The van der Waals surface area contributed by atoms with Gasteiger partial charge in [0.2, 0.25) is 0 Å². The number of hydrogen-bond acceptors (Lipinski definition) is 4. The van der Waals surface area contributed by atoms with Gasteiger partial charge in [-0.25, -0.2) is 4.79 Å². The van der Waals surface area contributed by atoms with Gasteiger partial charge in [0.25, 0.3) is 5.91 Å². The molecule has 132 valence electrons. The average molecular weight is 406 g/mol. The molecule has 1 N–H and O–H groups in total. The molecule has 2 aromatic carbocycles. The van der Waals surface area contributed by atoms with E-state index in [9.17, 15) is 9.59 Å². The van der Waals surface area contributed by atoms with Gasteiger partial charge in [-0.05, 0) is 35.7 Å². The normalized spacial score (nSPS) is 10.4. The third kappa shape index (κ3) is 6.23. The van der Waals surface area contributed by atoms with E-state index in [0.717, 1.165) is 15.7 Å². The molecule has 0 unspecified atom stereocenters. The summed E-state index contributed by atoms with van der Waals surface area (Å²) in [7, 11) is 0. The molecule has 0 aliphatic heterocycles. The van der Waals surface area contributed by atoms with Gasteiger partial charge in [0.05, 0.1) is 0 Å². The van der Waals surface area contributed by atoms with E-state index >= 15 is 0 Å². The number of halogens is 1. The molecule has 0 spiro atoms. The minimum Gasteiger partial charge on any atom is -0.482 e. The minimum atomic E-state index is -0.604. The number of esters is 1. The van der Waals surface area contributed by atoms with Crippen molar-refractivity contribution in [1.29, 1.82) is 0 Å². The first-order valence-corrected chi connectivity index (χ1v) is 8.68. The van der Waals surface area contributed by atoms with E-state index in [-0.39, 0.29) is 25.0 Å². The van der Waals surface area contributed by atoms with E-state index in [0.29, 0.717) is 5.75 Å². The first-order chi connectivity index (χ1) is 12.0. The molecule has 0 aromatic heterocycles. The fourth-order valence-electron chi connectivity index (χ4n) is 2.19. The summed E-state index contributed by atoms with van der Waals surface area (Å²) in [6.45, 7) is 3.48. The Labute approximate surface area is 155 Å². The molecule has 2 rings (SSSR count). The van der Waals surface area contributed by atoms with E-state index in [1.165, 1.54) is 0 Å². The summed E-state index contributed by atoms with van der Waals surface area (Å²) in [5.41, 5.74) is 1.75. The van der Waals surface area contributed by atoms with Crippen LogP contribution in [0.15, 0.2) is 53.0 Å². The predicted molar refractivity (Wildman–Crippen MR) is 99.8 cm³/mol. The van der Waals surface area contributed by atoms with Crippen LogP contribution in [0.3, 0.4) is 0 Å². The number of anilines is 1. The molecular formula is C19H20BrNO4. The first kappa shape index (κ1) is 19.0. The maximum atomic E-state index is 12.0. The van der Waals surface area contributed by atoms with Gasteiger partial charge in [-0.3, -0.25) is 4.79 Å². The number of carbonyl (C=O) groups is 2. The zero-order chi connectivity index (χ0) is 18.2. The molecule has 0 fully saturated rings. The lowest BCUT2D eigenvalue weighted by Crippen LogP contribution is -2.24. The van der Waals surface area contributed by atoms with Gasteiger partial charge in [0.1, 0.15) is 5.75 Å². The van der Waals surface area contributed by atoms with Crippen LogP contribution in [-0.4, -0.2) is 25.1 Å². The highest BCUT2D eigenvalue weighted by Crippen LogP contribution is 2.23. The lowest BCUT2D eigenvalue weighted by atomic mass is 10.0. The summed E-state index contributed by atoms with van der Waals surface area (Å²) in [6, 6.07) is 14.7. The summed E-state index contributed by atoms with van der Waals surface area (Å²) in [5, 5.41) is 2.77. The SMILES string of the molecule is CC(C)c1ccccc1NC(=O)COC(=O)COc1cccc(Br)c1. The molecule has 0 atom stereocenters. The third-order valence-corrected chi connectivity index (χ3v) is 3.87. The average Bonchev–Trinajstić information content (AvgIpc) is 2.58. The summed E-state index contributed by atoms with van der Waals surface area (Å²) >= 11 is 3.32. The van der Waals surface area contributed by atoms with Crippen LogP contribution in [0.5, 0.6) is 5.75 Å². The van der Waals surface area contributed by atoms with Gasteiger partial charge < -0.3 is 14.8 Å².